The largest absolute Gasteiger partial charge is 0.390 e. The van der Waals surface area contributed by atoms with Crippen LogP contribution in [0.15, 0.2) is 24.3 Å². The van der Waals surface area contributed by atoms with Crippen LogP contribution in [0.1, 0.15) is 56.7 Å². The zero-order chi connectivity index (χ0) is 15.9. The van der Waals surface area contributed by atoms with Crippen LogP contribution in [-0.4, -0.2) is 23.8 Å². The van der Waals surface area contributed by atoms with Crippen molar-refractivity contribution in [3.8, 4) is 0 Å². The number of nitrogens with one attached hydrogen (secondary N) is 2. The number of amides is 2. The lowest BCUT2D eigenvalue weighted by Gasteiger charge is -2.20. The summed E-state index contributed by atoms with van der Waals surface area (Å²) in [7, 11) is 0. The second kappa shape index (κ2) is 8.18. The van der Waals surface area contributed by atoms with Crippen LogP contribution in [0.25, 0.3) is 0 Å². The molecule has 122 valence electrons. The van der Waals surface area contributed by atoms with Crippen LogP contribution < -0.4 is 10.6 Å². The molecule has 4 nitrogen and oxygen atoms in total. The number of rotatable bonds is 7. The van der Waals surface area contributed by atoms with Crippen LogP contribution in [0.4, 0.5) is 4.79 Å². The molecule has 0 bridgehead atoms. The Morgan fingerprint density at radius 1 is 1.36 bits per heavy atom. The van der Waals surface area contributed by atoms with E-state index in [1.165, 1.54) is 12.8 Å². The number of hydrogen-bond acceptors (Lipinski definition) is 2. The Kier molecular flexibility index (Phi) is 6.25. The molecule has 0 aromatic heterocycles. The van der Waals surface area contributed by atoms with Gasteiger partial charge in [0, 0.05) is 13.0 Å². The number of aliphatic hydroxyl groups is 1. The van der Waals surface area contributed by atoms with Crippen LogP contribution in [-0.2, 0) is 6.42 Å². The molecule has 1 aliphatic carbocycles. The van der Waals surface area contributed by atoms with E-state index in [-0.39, 0.29) is 12.1 Å². The first-order valence-electron chi connectivity index (χ1n) is 8.45. The second-order valence-corrected chi connectivity index (χ2v) is 6.22. The Labute approximate surface area is 133 Å². The minimum absolute atomic E-state index is 0.185. The van der Waals surface area contributed by atoms with Crippen molar-refractivity contribution in [3.05, 3.63) is 35.4 Å². The predicted octanol–water partition coefficient (Wildman–Crippen LogP) is 3.16. The normalized spacial score (nSPS) is 21.2. The van der Waals surface area contributed by atoms with E-state index in [1.54, 1.807) is 0 Å². The lowest BCUT2D eigenvalue weighted by Crippen LogP contribution is -2.42. The predicted molar refractivity (Wildman–Crippen MR) is 88.7 cm³/mol. The summed E-state index contributed by atoms with van der Waals surface area (Å²) in [6.07, 6.45) is 4.70. The first-order chi connectivity index (χ1) is 10.7. The molecule has 0 radical (unpaired) electrons. The minimum Gasteiger partial charge on any atom is -0.390 e. The van der Waals surface area contributed by atoms with E-state index in [0.29, 0.717) is 18.9 Å². The molecule has 22 heavy (non-hydrogen) atoms. The van der Waals surface area contributed by atoms with Gasteiger partial charge in [-0.3, -0.25) is 0 Å². The zero-order valence-electron chi connectivity index (χ0n) is 13.6. The molecule has 2 rings (SSSR count). The molecule has 3 atom stereocenters. The van der Waals surface area contributed by atoms with Gasteiger partial charge in [0.25, 0.3) is 0 Å². The molecular weight excluding hydrogens is 276 g/mol. The number of carbonyl (C=O) groups excluding carboxylic acids is 1. The minimum atomic E-state index is -0.537. The molecule has 3 N–H and O–H groups in total. The summed E-state index contributed by atoms with van der Waals surface area (Å²) >= 11 is 0. The number of fused-ring (bicyclic) bond motifs is 1. The molecule has 1 aromatic rings. The molecule has 0 spiro atoms. The van der Waals surface area contributed by atoms with Gasteiger partial charge in [-0.05, 0) is 23.5 Å². The Hall–Kier alpha value is -1.55. The molecule has 2 amide bonds. The molecule has 0 saturated heterocycles. The summed E-state index contributed by atoms with van der Waals surface area (Å²) < 4.78 is 0. The van der Waals surface area contributed by atoms with Crippen molar-refractivity contribution in [2.24, 2.45) is 5.92 Å². The van der Waals surface area contributed by atoms with Crippen LogP contribution in [0.5, 0.6) is 0 Å². The molecule has 1 aliphatic rings. The summed E-state index contributed by atoms with van der Waals surface area (Å²) in [6.45, 7) is 5.05. The first kappa shape index (κ1) is 16.8. The maximum atomic E-state index is 12.1. The van der Waals surface area contributed by atoms with Crippen molar-refractivity contribution in [2.75, 3.05) is 6.54 Å². The highest BCUT2D eigenvalue weighted by Crippen LogP contribution is 2.31. The maximum Gasteiger partial charge on any atom is 0.315 e. The van der Waals surface area contributed by atoms with Crippen LogP contribution in [0, 0.1) is 5.92 Å². The van der Waals surface area contributed by atoms with Crippen molar-refractivity contribution < 1.29 is 9.90 Å². The van der Waals surface area contributed by atoms with Crippen molar-refractivity contribution >= 4 is 6.03 Å². The quantitative estimate of drug-likeness (QED) is 0.724. The third-order valence-corrected chi connectivity index (χ3v) is 4.59. The summed E-state index contributed by atoms with van der Waals surface area (Å²) in [4.78, 5) is 12.1. The highest BCUT2D eigenvalue weighted by Gasteiger charge is 2.31. The summed E-state index contributed by atoms with van der Waals surface area (Å²) in [5.74, 6) is 0.534. The Balaban J connectivity index is 1.84. The van der Waals surface area contributed by atoms with Crippen LogP contribution in [0.3, 0.4) is 0 Å². The van der Waals surface area contributed by atoms with Crippen LogP contribution in [0.2, 0.25) is 0 Å². The topological polar surface area (TPSA) is 61.4 Å². The van der Waals surface area contributed by atoms with Crippen molar-refractivity contribution in [1.82, 2.24) is 10.6 Å². The van der Waals surface area contributed by atoms with Gasteiger partial charge in [0.1, 0.15) is 0 Å². The van der Waals surface area contributed by atoms with Crippen molar-refractivity contribution in [1.29, 1.82) is 0 Å². The van der Waals surface area contributed by atoms with E-state index < -0.39 is 6.10 Å². The fourth-order valence-electron chi connectivity index (χ4n) is 3.12. The lowest BCUT2D eigenvalue weighted by molar-refractivity contribution is 0.142. The van der Waals surface area contributed by atoms with Gasteiger partial charge < -0.3 is 15.7 Å². The van der Waals surface area contributed by atoms with Gasteiger partial charge in [0.05, 0.1) is 12.1 Å². The molecule has 1 unspecified atom stereocenters. The SMILES string of the molecule is CCCCC(CC)CNC(=O)N[C@@H]1c2ccccc2C[C@@H]1O. The van der Waals surface area contributed by atoms with Crippen molar-refractivity contribution in [3.63, 3.8) is 0 Å². The monoisotopic (exact) mass is 304 g/mol. The number of hydrogen-bond donors (Lipinski definition) is 3. The molecule has 0 fully saturated rings. The van der Waals surface area contributed by atoms with Gasteiger partial charge in [0.15, 0.2) is 0 Å². The number of aliphatic hydroxyl groups excluding tert-OH is 1. The van der Waals surface area contributed by atoms with Crippen LogP contribution >= 0.6 is 0 Å². The number of benzene rings is 1. The maximum absolute atomic E-state index is 12.1. The van der Waals surface area contributed by atoms with E-state index in [1.807, 2.05) is 24.3 Å². The van der Waals surface area contributed by atoms with E-state index in [0.717, 1.165) is 24.0 Å². The fourth-order valence-corrected chi connectivity index (χ4v) is 3.12. The van der Waals surface area contributed by atoms with E-state index in [2.05, 4.69) is 24.5 Å². The van der Waals surface area contributed by atoms with Crippen molar-refractivity contribution in [2.45, 2.75) is 58.1 Å². The lowest BCUT2D eigenvalue weighted by atomic mass is 9.99. The molecular formula is C18H28N2O2. The molecule has 0 heterocycles. The second-order valence-electron chi connectivity index (χ2n) is 6.22. The third-order valence-electron chi connectivity index (χ3n) is 4.59. The van der Waals surface area contributed by atoms with Gasteiger partial charge in [0.2, 0.25) is 0 Å². The molecule has 0 saturated carbocycles. The number of urea groups is 1. The number of unbranched alkanes of at least 4 members (excludes halogenated alkanes) is 1. The molecule has 1 aromatic carbocycles. The average molecular weight is 304 g/mol. The molecule has 4 heteroatoms. The van der Waals surface area contributed by atoms with Gasteiger partial charge >= 0.3 is 6.03 Å². The summed E-state index contributed by atoms with van der Waals surface area (Å²) in [6, 6.07) is 7.42. The van der Waals surface area contributed by atoms with E-state index in [4.69, 9.17) is 0 Å². The summed E-state index contributed by atoms with van der Waals surface area (Å²) in [5.41, 5.74) is 2.15. The highest BCUT2D eigenvalue weighted by molar-refractivity contribution is 5.74. The van der Waals surface area contributed by atoms with Gasteiger partial charge in [-0.1, -0.05) is 57.4 Å². The smallest absolute Gasteiger partial charge is 0.315 e. The molecule has 0 aliphatic heterocycles. The zero-order valence-corrected chi connectivity index (χ0v) is 13.6. The van der Waals surface area contributed by atoms with Gasteiger partial charge in [-0.2, -0.15) is 0 Å². The third kappa shape index (κ3) is 4.23. The van der Waals surface area contributed by atoms with E-state index >= 15 is 0 Å². The van der Waals surface area contributed by atoms with E-state index in [9.17, 15) is 9.90 Å². The number of carbonyl (C=O) groups is 1. The Bertz CT molecular complexity index is 490. The average Bonchev–Trinajstić information content (AvgIpc) is 2.83. The Morgan fingerprint density at radius 3 is 2.86 bits per heavy atom. The van der Waals surface area contributed by atoms with Gasteiger partial charge in [-0.15, -0.1) is 0 Å². The Morgan fingerprint density at radius 2 is 2.14 bits per heavy atom. The first-order valence-corrected chi connectivity index (χ1v) is 8.45. The highest BCUT2D eigenvalue weighted by atomic mass is 16.3. The van der Waals surface area contributed by atoms with Gasteiger partial charge in [-0.25, -0.2) is 4.79 Å². The fraction of sp³-hybridized carbons (Fsp3) is 0.611. The summed E-state index contributed by atoms with van der Waals surface area (Å²) in [5, 5.41) is 16.0. The standard InChI is InChI=1S/C18H28N2O2/c1-3-5-8-13(4-2)12-19-18(22)20-17-15-10-7-6-9-14(15)11-16(17)21/h6-7,9-10,13,16-17,21H,3-5,8,11-12H2,1-2H3,(H2,19,20,22)/t13?,16-,17+/m0/s1.